The van der Waals surface area contributed by atoms with Crippen molar-refractivity contribution in [2.45, 2.75) is 76.4 Å². The van der Waals surface area contributed by atoms with Gasteiger partial charge in [-0.25, -0.2) is 0 Å². The molecule has 0 aromatic rings. The Balaban J connectivity index is 1.86. The van der Waals surface area contributed by atoms with Gasteiger partial charge < -0.3 is 15.0 Å². The number of rotatable bonds is 6. The lowest BCUT2D eigenvalue weighted by molar-refractivity contribution is -0.137. The van der Waals surface area contributed by atoms with E-state index < -0.39 is 0 Å². The van der Waals surface area contributed by atoms with E-state index in [1.54, 1.807) is 0 Å². The monoisotopic (exact) mass is 296 g/mol. The predicted molar refractivity (Wildman–Crippen MR) is 85.3 cm³/mol. The van der Waals surface area contributed by atoms with E-state index in [0.717, 1.165) is 51.8 Å². The number of likely N-dealkylation sites (tertiary alicyclic amines) is 1. The maximum Gasteiger partial charge on any atom is 0.224 e. The van der Waals surface area contributed by atoms with Crippen molar-refractivity contribution < 1.29 is 9.53 Å². The lowest BCUT2D eigenvalue weighted by atomic mass is 9.79. The molecular weight excluding hydrogens is 264 g/mol. The summed E-state index contributed by atoms with van der Waals surface area (Å²) in [7, 11) is 2.02. The second kappa shape index (κ2) is 8.14. The molecule has 0 aromatic carbocycles. The number of carbonyl (C=O) groups is 1. The van der Waals surface area contributed by atoms with E-state index >= 15 is 0 Å². The van der Waals surface area contributed by atoms with E-state index in [9.17, 15) is 4.79 Å². The van der Waals surface area contributed by atoms with Crippen molar-refractivity contribution >= 4 is 5.91 Å². The summed E-state index contributed by atoms with van der Waals surface area (Å²) in [5.74, 6) is 0.316. The second-order valence-electron chi connectivity index (χ2n) is 6.74. The van der Waals surface area contributed by atoms with Crippen molar-refractivity contribution in [3.63, 3.8) is 0 Å². The first-order chi connectivity index (χ1) is 10.2. The minimum absolute atomic E-state index is 0.0482. The highest BCUT2D eigenvalue weighted by Gasteiger charge is 2.35. The summed E-state index contributed by atoms with van der Waals surface area (Å²) >= 11 is 0. The van der Waals surface area contributed by atoms with Crippen LogP contribution in [0.15, 0.2) is 0 Å². The molecule has 4 heteroatoms. The molecule has 1 aliphatic heterocycles. The van der Waals surface area contributed by atoms with Gasteiger partial charge in [0.1, 0.15) is 0 Å². The van der Waals surface area contributed by atoms with Gasteiger partial charge in [0.25, 0.3) is 0 Å². The van der Waals surface area contributed by atoms with Crippen molar-refractivity contribution in [2.75, 3.05) is 26.7 Å². The third-order valence-corrected chi connectivity index (χ3v) is 5.12. The molecular formula is C17H32N2O2. The fourth-order valence-corrected chi connectivity index (χ4v) is 3.73. The smallest absolute Gasteiger partial charge is 0.224 e. The SMILES string of the molecule is CCCOC1CCCN(C(=O)CC2(NC)CCCCC2)C1. The standard InChI is InChI=1S/C17H32N2O2/c1-3-12-21-15-8-7-11-19(14-15)16(20)13-17(18-2)9-5-4-6-10-17/h15,18H,3-14H2,1-2H3. The molecule has 1 atom stereocenters. The average molecular weight is 296 g/mol. The molecule has 0 radical (unpaired) electrons. The summed E-state index contributed by atoms with van der Waals surface area (Å²) < 4.78 is 5.84. The van der Waals surface area contributed by atoms with Crippen LogP contribution in [0.4, 0.5) is 0 Å². The van der Waals surface area contributed by atoms with Gasteiger partial charge in [-0.1, -0.05) is 26.2 Å². The van der Waals surface area contributed by atoms with Crippen molar-refractivity contribution in [1.82, 2.24) is 10.2 Å². The van der Waals surface area contributed by atoms with Gasteiger partial charge in [0.2, 0.25) is 5.91 Å². The molecule has 21 heavy (non-hydrogen) atoms. The Hall–Kier alpha value is -0.610. The van der Waals surface area contributed by atoms with E-state index in [4.69, 9.17) is 4.74 Å². The Bertz CT molecular complexity index is 327. The normalized spacial score (nSPS) is 25.8. The van der Waals surface area contributed by atoms with Gasteiger partial charge in [0.15, 0.2) is 0 Å². The quantitative estimate of drug-likeness (QED) is 0.819. The fourth-order valence-electron chi connectivity index (χ4n) is 3.73. The maximum absolute atomic E-state index is 12.7. The van der Waals surface area contributed by atoms with Gasteiger partial charge >= 0.3 is 0 Å². The summed E-state index contributed by atoms with van der Waals surface area (Å²) in [6.07, 6.45) is 10.2. The summed E-state index contributed by atoms with van der Waals surface area (Å²) in [6, 6.07) is 0. The minimum Gasteiger partial charge on any atom is -0.376 e. The zero-order chi connectivity index (χ0) is 15.1. The van der Waals surface area contributed by atoms with E-state index in [0.29, 0.717) is 12.3 Å². The molecule has 2 fully saturated rings. The number of nitrogens with zero attached hydrogens (tertiary/aromatic N) is 1. The van der Waals surface area contributed by atoms with Gasteiger partial charge in [-0.15, -0.1) is 0 Å². The van der Waals surface area contributed by atoms with Gasteiger partial charge in [-0.05, 0) is 39.2 Å². The first-order valence-electron chi connectivity index (χ1n) is 8.77. The molecule has 1 heterocycles. The van der Waals surface area contributed by atoms with Gasteiger partial charge in [-0.2, -0.15) is 0 Å². The predicted octanol–water partition coefficient (Wildman–Crippen LogP) is 2.72. The molecule has 122 valence electrons. The highest BCUT2D eigenvalue weighted by Crippen LogP contribution is 2.31. The molecule has 0 spiro atoms. The van der Waals surface area contributed by atoms with Crippen LogP contribution in [0.1, 0.15) is 64.7 Å². The van der Waals surface area contributed by atoms with Crippen molar-refractivity contribution in [3.05, 3.63) is 0 Å². The van der Waals surface area contributed by atoms with Crippen LogP contribution in [0.2, 0.25) is 0 Å². The summed E-state index contributed by atoms with van der Waals surface area (Å²) in [5.41, 5.74) is 0.0482. The van der Waals surface area contributed by atoms with Crippen LogP contribution in [0, 0.1) is 0 Å². The molecule has 1 unspecified atom stereocenters. The Labute approximate surface area is 129 Å². The maximum atomic E-state index is 12.7. The Kier molecular flexibility index (Phi) is 6.49. The van der Waals surface area contributed by atoms with Crippen LogP contribution < -0.4 is 5.32 Å². The first kappa shape index (κ1) is 16.8. The fraction of sp³-hybridized carbons (Fsp3) is 0.941. The van der Waals surface area contributed by atoms with Crippen LogP contribution in [-0.2, 0) is 9.53 Å². The minimum atomic E-state index is 0.0482. The molecule has 4 nitrogen and oxygen atoms in total. The van der Waals surface area contributed by atoms with Crippen LogP contribution >= 0.6 is 0 Å². The van der Waals surface area contributed by atoms with E-state index in [1.165, 1.54) is 19.3 Å². The number of nitrogens with one attached hydrogen (secondary N) is 1. The highest BCUT2D eigenvalue weighted by molar-refractivity contribution is 5.77. The number of hydrogen-bond donors (Lipinski definition) is 1. The topological polar surface area (TPSA) is 41.6 Å². The molecule has 1 aliphatic carbocycles. The van der Waals surface area contributed by atoms with Crippen LogP contribution in [0.25, 0.3) is 0 Å². The lowest BCUT2D eigenvalue weighted by Gasteiger charge is -2.40. The van der Waals surface area contributed by atoms with Crippen molar-refractivity contribution in [2.24, 2.45) is 0 Å². The zero-order valence-electron chi connectivity index (χ0n) is 13.8. The van der Waals surface area contributed by atoms with Crippen LogP contribution in [-0.4, -0.2) is 49.2 Å². The average Bonchev–Trinajstić information content (AvgIpc) is 2.54. The Morgan fingerprint density at radius 3 is 2.71 bits per heavy atom. The Morgan fingerprint density at radius 2 is 2.05 bits per heavy atom. The summed E-state index contributed by atoms with van der Waals surface area (Å²) in [5, 5.41) is 3.45. The number of amides is 1. The lowest BCUT2D eigenvalue weighted by Crippen LogP contribution is -2.51. The molecule has 1 N–H and O–H groups in total. The molecule has 1 saturated carbocycles. The molecule has 2 rings (SSSR count). The van der Waals surface area contributed by atoms with Gasteiger partial charge in [0, 0.05) is 31.7 Å². The molecule has 0 bridgehead atoms. The van der Waals surface area contributed by atoms with E-state index in [-0.39, 0.29) is 11.6 Å². The van der Waals surface area contributed by atoms with Crippen LogP contribution in [0.3, 0.4) is 0 Å². The largest absolute Gasteiger partial charge is 0.376 e. The van der Waals surface area contributed by atoms with Crippen molar-refractivity contribution in [3.8, 4) is 0 Å². The first-order valence-corrected chi connectivity index (χ1v) is 8.77. The number of carbonyl (C=O) groups excluding carboxylic acids is 1. The van der Waals surface area contributed by atoms with E-state index in [1.807, 2.05) is 11.9 Å². The third kappa shape index (κ3) is 4.68. The molecule has 2 aliphatic rings. The highest BCUT2D eigenvalue weighted by atomic mass is 16.5. The molecule has 1 amide bonds. The summed E-state index contributed by atoms with van der Waals surface area (Å²) in [6.45, 7) is 4.64. The number of hydrogen-bond acceptors (Lipinski definition) is 3. The van der Waals surface area contributed by atoms with Crippen LogP contribution in [0.5, 0.6) is 0 Å². The summed E-state index contributed by atoms with van der Waals surface area (Å²) in [4.78, 5) is 14.7. The number of piperidine rings is 1. The van der Waals surface area contributed by atoms with Crippen molar-refractivity contribution in [1.29, 1.82) is 0 Å². The third-order valence-electron chi connectivity index (χ3n) is 5.12. The second-order valence-corrected chi connectivity index (χ2v) is 6.74. The van der Waals surface area contributed by atoms with E-state index in [2.05, 4.69) is 12.2 Å². The van der Waals surface area contributed by atoms with Gasteiger partial charge in [-0.3, -0.25) is 4.79 Å². The molecule has 1 saturated heterocycles. The van der Waals surface area contributed by atoms with Gasteiger partial charge in [0.05, 0.1) is 6.10 Å². The Morgan fingerprint density at radius 1 is 1.29 bits per heavy atom. The molecule has 0 aromatic heterocycles. The number of ether oxygens (including phenoxy) is 1. The zero-order valence-corrected chi connectivity index (χ0v) is 13.8.